The van der Waals surface area contributed by atoms with Crippen LogP contribution < -0.4 is 10.1 Å². The second kappa shape index (κ2) is 7.97. The zero-order chi connectivity index (χ0) is 24.2. The van der Waals surface area contributed by atoms with E-state index in [0.29, 0.717) is 5.69 Å². The molecule has 0 saturated heterocycles. The molecule has 0 atom stereocenters. The Labute approximate surface area is 207 Å². The molecule has 6 rings (SSSR count). The molecule has 0 saturated carbocycles. The second-order valence-corrected chi connectivity index (χ2v) is 15.3. The van der Waals surface area contributed by atoms with Crippen molar-refractivity contribution in [3.8, 4) is 0 Å². The molecular weight excluding hydrogens is 440 g/mol. The number of anilines is 3. The molecule has 0 bridgehead atoms. The molecule has 0 fully saturated rings. The summed E-state index contributed by atoms with van der Waals surface area (Å²) in [5, 5.41) is 9.03. The van der Waals surface area contributed by atoms with Gasteiger partial charge in [0, 0.05) is 16.8 Å². The van der Waals surface area contributed by atoms with Crippen LogP contribution in [-0.2, 0) is 0 Å². The Bertz CT molecular complexity index is 1720. The minimum Gasteiger partial charge on any atom is -0.311 e. The van der Waals surface area contributed by atoms with Crippen LogP contribution in [0.25, 0.3) is 37.2 Å². The van der Waals surface area contributed by atoms with Gasteiger partial charge in [0.15, 0.2) is 5.69 Å². The van der Waals surface area contributed by atoms with Crippen LogP contribution in [0.3, 0.4) is 0 Å². The van der Waals surface area contributed by atoms with Gasteiger partial charge in [-0.15, -0.1) is 0 Å². The summed E-state index contributed by atoms with van der Waals surface area (Å²) in [7, 11) is -1.41. The summed E-state index contributed by atoms with van der Waals surface area (Å²) in [6.45, 7) is 14.7. The van der Waals surface area contributed by atoms with E-state index in [0.717, 1.165) is 17.1 Å². The van der Waals surface area contributed by atoms with Crippen LogP contribution in [0.1, 0.15) is 0 Å². The predicted molar refractivity (Wildman–Crippen MR) is 154 cm³/mol. The number of benzene rings is 6. The molecule has 2 nitrogen and oxygen atoms in total. The van der Waals surface area contributed by atoms with Gasteiger partial charge in [0.2, 0.25) is 0 Å². The van der Waals surface area contributed by atoms with E-state index < -0.39 is 8.07 Å². The van der Waals surface area contributed by atoms with E-state index in [-0.39, 0.29) is 0 Å². The molecule has 168 valence electrons. The molecule has 0 aliphatic carbocycles. The minimum absolute atomic E-state index is 0.643. The molecule has 0 amide bonds. The summed E-state index contributed by atoms with van der Waals surface area (Å²) in [6.07, 6.45) is 0. The summed E-state index contributed by atoms with van der Waals surface area (Å²) >= 11 is 0. The highest BCUT2D eigenvalue weighted by molar-refractivity contribution is 6.88. The smallest absolute Gasteiger partial charge is 0.189 e. The molecule has 35 heavy (non-hydrogen) atoms. The van der Waals surface area contributed by atoms with E-state index in [1.807, 2.05) is 18.2 Å². The third-order valence-corrected chi connectivity index (χ3v) is 9.02. The first-order valence-corrected chi connectivity index (χ1v) is 15.5. The molecule has 0 spiro atoms. The zero-order valence-corrected chi connectivity index (χ0v) is 21.2. The number of rotatable bonds is 4. The molecule has 3 heteroatoms. The predicted octanol–water partition coefficient (Wildman–Crippen LogP) is 9.15. The van der Waals surface area contributed by atoms with Crippen molar-refractivity contribution in [2.45, 2.75) is 19.6 Å². The third kappa shape index (κ3) is 3.55. The van der Waals surface area contributed by atoms with E-state index in [4.69, 9.17) is 6.57 Å². The Kier molecular flexibility index (Phi) is 4.88. The molecule has 0 radical (unpaired) electrons. The van der Waals surface area contributed by atoms with E-state index >= 15 is 0 Å². The maximum atomic E-state index is 7.57. The first-order chi connectivity index (χ1) is 16.9. The largest absolute Gasteiger partial charge is 0.311 e. The Balaban J connectivity index is 1.65. The van der Waals surface area contributed by atoms with Gasteiger partial charge in [0.05, 0.1) is 20.3 Å². The van der Waals surface area contributed by atoms with Crippen molar-refractivity contribution >= 4 is 68.3 Å². The highest BCUT2D eigenvalue weighted by atomic mass is 28.3. The molecule has 6 aromatic carbocycles. The fourth-order valence-corrected chi connectivity index (χ4v) is 6.32. The van der Waals surface area contributed by atoms with Crippen LogP contribution >= 0.6 is 0 Å². The average molecular weight is 467 g/mol. The van der Waals surface area contributed by atoms with Gasteiger partial charge in [-0.2, -0.15) is 0 Å². The Hall–Kier alpha value is -4.13. The molecule has 6 aromatic rings. The summed E-state index contributed by atoms with van der Waals surface area (Å²) in [5.74, 6) is 0. The van der Waals surface area contributed by atoms with Crippen LogP contribution in [0, 0.1) is 6.57 Å². The first-order valence-electron chi connectivity index (χ1n) is 12.0. The summed E-state index contributed by atoms with van der Waals surface area (Å²) in [5.41, 5.74) is 3.86. The van der Waals surface area contributed by atoms with Crippen molar-refractivity contribution in [3.05, 3.63) is 115 Å². The second-order valence-electron chi connectivity index (χ2n) is 10.2. The Morgan fingerprint density at radius 3 is 1.94 bits per heavy atom. The summed E-state index contributed by atoms with van der Waals surface area (Å²) in [6, 6.07) is 36.8. The van der Waals surface area contributed by atoms with Crippen LogP contribution in [0.2, 0.25) is 19.6 Å². The van der Waals surface area contributed by atoms with Crippen LogP contribution in [0.5, 0.6) is 0 Å². The van der Waals surface area contributed by atoms with Crippen molar-refractivity contribution < 1.29 is 0 Å². The lowest BCUT2D eigenvalue weighted by Crippen LogP contribution is -2.37. The van der Waals surface area contributed by atoms with Crippen molar-refractivity contribution in [1.82, 2.24) is 0 Å². The molecule has 0 heterocycles. The van der Waals surface area contributed by atoms with Crippen molar-refractivity contribution in [1.29, 1.82) is 0 Å². The lowest BCUT2D eigenvalue weighted by molar-refractivity contribution is 1.30. The fraction of sp³-hybridized carbons (Fsp3) is 0.0938. The van der Waals surface area contributed by atoms with Crippen molar-refractivity contribution in [3.63, 3.8) is 0 Å². The van der Waals surface area contributed by atoms with Crippen LogP contribution in [0.4, 0.5) is 22.7 Å². The van der Waals surface area contributed by atoms with Gasteiger partial charge >= 0.3 is 0 Å². The highest BCUT2D eigenvalue weighted by Gasteiger charge is 2.20. The van der Waals surface area contributed by atoms with Gasteiger partial charge in [0.1, 0.15) is 0 Å². The third-order valence-electron chi connectivity index (χ3n) is 6.96. The molecular formula is C32H26N2Si. The molecule has 0 unspecified atom stereocenters. The van der Waals surface area contributed by atoms with Crippen LogP contribution in [-0.4, -0.2) is 8.07 Å². The number of hydrogen-bond donors (Lipinski definition) is 0. The quantitative estimate of drug-likeness (QED) is 0.143. The van der Waals surface area contributed by atoms with Gasteiger partial charge in [-0.1, -0.05) is 97.6 Å². The molecule has 0 aromatic heterocycles. The fourth-order valence-electron chi connectivity index (χ4n) is 5.15. The van der Waals surface area contributed by atoms with E-state index in [1.165, 1.54) is 37.5 Å². The van der Waals surface area contributed by atoms with Gasteiger partial charge in [0.25, 0.3) is 0 Å². The lowest BCUT2D eigenvalue weighted by atomic mass is 9.93. The Morgan fingerprint density at radius 1 is 0.629 bits per heavy atom. The Morgan fingerprint density at radius 2 is 1.26 bits per heavy atom. The van der Waals surface area contributed by atoms with Gasteiger partial charge in [-0.05, 0) is 57.3 Å². The number of nitrogens with zero attached hydrogens (tertiary/aromatic N) is 2. The monoisotopic (exact) mass is 466 g/mol. The number of hydrogen-bond acceptors (Lipinski definition) is 1. The molecule has 0 N–H and O–H groups in total. The summed E-state index contributed by atoms with van der Waals surface area (Å²) in [4.78, 5) is 6.01. The first kappa shape index (κ1) is 21.4. The standard InChI is InChI=1S/C32H26N2Si/c1-33-25-9-6-10-27(21-25)34(26-15-17-28(18-16-26)35(2,3)4)30-20-14-24-12-11-22-7-5-8-23-13-19-29(30)32(24)31(22)23/h5-21H,2-4H3. The van der Waals surface area contributed by atoms with Gasteiger partial charge in [-0.25, -0.2) is 4.85 Å². The zero-order valence-electron chi connectivity index (χ0n) is 20.2. The topological polar surface area (TPSA) is 7.60 Å². The molecule has 0 aliphatic rings. The maximum absolute atomic E-state index is 7.57. The molecule has 0 aliphatic heterocycles. The van der Waals surface area contributed by atoms with Crippen molar-refractivity contribution in [2.75, 3.05) is 4.90 Å². The van der Waals surface area contributed by atoms with E-state index in [9.17, 15) is 0 Å². The van der Waals surface area contributed by atoms with E-state index in [1.54, 1.807) is 0 Å². The maximum Gasteiger partial charge on any atom is 0.189 e. The lowest BCUT2D eigenvalue weighted by Gasteiger charge is -2.28. The average Bonchev–Trinajstić information content (AvgIpc) is 2.88. The normalized spacial score (nSPS) is 11.8. The minimum atomic E-state index is -1.41. The van der Waals surface area contributed by atoms with Gasteiger partial charge < -0.3 is 4.90 Å². The van der Waals surface area contributed by atoms with Crippen LogP contribution in [0.15, 0.2) is 103 Å². The van der Waals surface area contributed by atoms with E-state index in [2.05, 4.69) is 114 Å². The van der Waals surface area contributed by atoms with Crippen molar-refractivity contribution in [2.24, 2.45) is 0 Å². The SMILES string of the molecule is [C-]#[N+]c1cccc(N(c2ccc([Si](C)(C)C)cc2)c2ccc3ccc4cccc5ccc2c3c45)c1. The van der Waals surface area contributed by atoms with Gasteiger partial charge in [-0.3, -0.25) is 0 Å². The summed E-state index contributed by atoms with van der Waals surface area (Å²) < 4.78 is 0. The highest BCUT2D eigenvalue weighted by Crippen LogP contribution is 2.44.